The number of anilines is 1. The van der Waals surface area contributed by atoms with E-state index in [0.717, 1.165) is 15.6 Å². The van der Waals surface area contributed by atoms with Crippen molar-refractivity contribution in [2.45, 2.75) is 23.8 Å². The second kappa shape index (κ2) is 4.86. The number of Topliss-reactive ketones (excluding diaryl/α,β-unsaturated/α-hetero) is 1. The van der Waals surface area contributed by atoms with Crippen LogP contribution in [0.4, 0.5) is 5.69 Å². The van der Waals surface area contributed by atoms with Gasteiger partial charge in [0.2, 0.25) is 0 Å². The molecule has 5 heteroatoms. The molecule has 0 aliphatic rings. The lowest BCUT2D eigenvalue weighted by atomic mass is 10.1. The molecular formula is C13H15N3OS. The highest BCUT2D eigenvalue weighted by molar-refractivity contribution is 7.99. The summed E-state index contributed by atoms with van der Waals surface area (Å²) in [6, 6.07) is 7.51. The Morgan fingerprint density at radius 2 is 2.11 bits per heavy atom. The number of carbonyl (C=O) groups is 1. The van der Waals surface area contributed by atoms with Crippen LogP contribution < -0.4 is 5.73 Å². The van der Waals surface area contributed by atoms with Gasteiger partial charge in [0.15, 0.2) is 5.78 Å². The lowest BCUT2D eigenvalue weighted by molar-refractivity contribution is 0.101. The van der Waals surface area contributed by atoms with Crippen LogP contribution in [0, 0.1) is 6.92 Å². The van der Waals surface area contributed by atoms with E-state index in [9.17, 15) is 4.79 Å². The maximum absolute atomic E-state index is 11.3. The zero-order valence-corrected chi connectivity index (χ0v) is 11.4. The summed E-state index contributed by atoms with van der Waals surface area (Å²) in [4.78, 5) is 12.3. The Morgan fingerprint density at radius 3 is 2.61 bits per heavy atom. The third kappa shape index (κ3) is 2.56. The summed E-state index contributed by atoms with van der Waals surface area (Å²) in [6.45, 7) is 3.47. The monoisotopic (exact) mass is 261 g/mol. The molecular weight excluding hydrogens is 246 g/mol. The zero-order chi connectivity index (χ0) is 13.3. The SMILES string of the molecule is CC(=O)c1ccc(Sc2cc(C)nn2C)cc1N. The van der Waals surface area contributed by atoms with Gasteiger partial charge in [-0.25, -0.2) is 0 Å². The highest BCUT2D eigenvalue weighted by Crippen LogP contribution is 2.30. The average Bonchev–Trinajstić information content (AvgIpc) is 2.57. The van der Waals surface area contributed by atoms with Crippen LogP contribution in [0.15, 0.2) is 34.2 Å². The van der Waals surface area contributed by atoms with Crippen molar-refractivity contribution in [3.05, 3.63) is 35.5 Å². The molecule has 0 aliphatic heterocycles. The van der Waals surface area contributed by atoms with Crippen molar-refractivity contribution >= 4 is 23.2 Å². The number of aryl methyl sites for hydroxylation is 2. The summed E-state index contributed by atoms with van der Waals surface area (Å²) >= 11 is 1.58. The molecule has 0 atom stereocenters. The summed E-state index contributed by atoms with van der Waals surface area (Å²) in [5.41, 5.74) is 7.93. The number of ketones is 1. The number of aromatic nitrogens is 2. The Hall–Kier alpha value is -1.75. The molecule has 0 saturated heterocycles. The van der Waals surface area contributed by atoms with Crippen molar-refractivity contribution in [2.24, 2.45) is 7.05 Å². The topological polar surface area (TPSA) is 60.9 Å². The lowest BCUT2D eigenvalue weighted by Gasteiger charge is -2.05. The molecule has 0 amide bonds. The van der Waals surface area contributed by atoms with E-state index in [0.29, 0.717) is 11.3 Å². The minimum Gasteiger partial charge on any atom is -0.398 e. The fraction of sp³-hybridized carbons (Fsp3) is 0.231. The largest absolute Gasteiger partial charge is 0.398 e. The average molecular weight is 261 g/mol. The van der Waals surface area contributed by atoms with E-state index in [-0.39, 0.29) is 5.78 Å². The van der Waals surface area contributed by atoms with Crippen LogP contribution in [0.3, 0.4) is 0 Å². The van der Waals surface area contributed by atoms with Crippen LogP contribution in [0.25, 0.3) is 0 Å². The van der Waals surface area contributed by atoms with Crippen molar-refractivity contribution in [3.8, 4) is 0 Å². The number of carbonyl (C=O) groups excluding carboxylic acids is 1. The first-order valence-corrected chi connectivity index (χ1v) is 6.38. The molecule has 1 heterocycles. The molecule has 2 N–H and O–H groups in total. The first kappa shape index (κ1) is 12.7. The van der Waals surface area contributed by atoms with Crippen LogP contribution in [0.2, 0.25) is 0 Å². The van der Waals surface area contributed by atoms with Gasteiger partial charge in [0.25, 0.3) is 0 Å². The van der Waals surface area contributed by atoms with Gasteiger partial charge in [-0.15, -0.1) is 0 Å². The molecule has 1 aromatic heterocycles. The first-order chi connectivity index (χ1) is 8.47. The molecule has 0 spiro atoms. The highest BCUT2D eigenvalue weighted by atomic mass is 32.2. The second-order valence-corrected chi connectivity index (χ2v) is 5.25. The van der Waals surface area contributed by atoms with Crippen molar-refractivity contribution in [3.63, 3.8) is 0 Å². The number of rotatable bonds is 3. The molecule has 2 aromatic rings. The predicted molar refractivity (Wildman–Crippen MR) is 72.9 cm³/mol. The fourth-order valence-corrected chi connectivity index (χ4v) is 2.69. The van der Waals surface area contributed by atoms with Crippen molar-refractivity contribution < 1.29 is 4.79 Å². The quantitative estimate of drug-likeness (QED) is 0.681. The van der Waals surface area contributed by atoms with Crippen molar-refractivity contribution in [1.82, 2.24) is 9.78 Å². The van der Waals surface area contributed by atoms with Crippen LogP contribution >= 0.6 is 11.8 Å². The molecule has 2 rings (SSSR count). The summed E-state index contributed by atoms with van der Waals surface area (Å²) in [5.74, 6) is -0.0135. The molecule has 0 radical (unpaired) electrons. The van der Waals surface area contributed by atoms with Gasteiger partial charge in [-0.1, -0.05) is 11.8 Å². The van der Waals surface area contributed by atoms with Crippen molar-refractivity contribution in [2.75, 3.05) is 5.73 Å². The number of nitrogens with zero attached hydrogens (tertiary/aromatic N) is 2. The molecule has 0 saturated carbocycles. The fourth-order valence-electron chi connectivity index (χ4n) is 1.73. The van der Waals surface area contributed by atoms with E-state index in [4.69, 9.17) is 5.73 Å². The third-order valence-electron chi connectivity index (χ3n) is 2.58. The number of hydrogen-bond donors (Lipinski definition) is 1. The molecule has 0 aliphatic carbocycles. The van der Waals surface area contributed by atoms with Gasteiger partial charge in [-0.2, -0.15) is 5.10 Å². The van der Waals surface area contributed by atoms with E-state index in [1.807, 2.05) is 36.9 Å². The Balaban J connectivity index is 2.28. The molecule has 1 aromatic carbocycles. The van der Waals surface area contributed by atoms with Crippen LogP contribution in [-0.2, 0) is 7.05 Å². The number of nitrogen functional groups attached to an aromatic ring is 1. The zero-order valence-electron chi connectivity index (χ0n) is 10.6. The van der Waals surface area contributed by atoms with E-state index in [1.165, 1.54) is 6.92 Å². The molecule has 4 nitrogen and oxygen atoms in total. The van der Waals surface area contributed by atoms with E-state index in [2.05, 4.69) is 5.10 Å². The van der Waals surface area contributed by atoms with E-state index in [1.54, 1.807) is 17.8 Å². The number of nitrogens with two attached hydrogens (primary N) is 1. The predicted octanol–water partition coefficient (Wildman–Crippen LogP) is 2.66. The Morgan fingerprint density at radius 1 is 1.39 bits per heavy atom. The Labute approximate surface area is 110 Å². The normalized spacial score (nSPS) is 10.6. The maximum atomic E-state index is 11.3. The number of hydrogen-bond acceptors (Lipinski definition) is 4. The van der Waals surface area contributed by atoms with E-state index >= 15 is 0 Å². The van der Waals surface area contributed by atoms with Gasteiger partial charge >= 0.3 is 0 Å². The molecule has 18 heavy (non-hydrogen) atoms. The molecule has 0 unspecified atom stereocenters. The summed E-state index contributed by atoms with van der Waals surface area (Å²) in [7, 11) is 1.91. The van der Waals surface area contributed by atoms with Crippen molar-refractivity contribution in [1.29, 1.82) is 0 Å². The molecule has 0 bridgehead atoms. The van der Waals surface area contributed by atoms with Gasteiger partial charge in [-0.3, -0.25) is 9.48 Å². The van der Waals surface area contributed by atoms with Gasteiger partial charge < -0.3 is 5.73 Å². The van der Waals surface area contributed by atoms with Crippen LogP contribution in [0.1, 0.15) is 23.0 Å². The lowest BCUT2D eigenvalue weighted by Crippen LogP contribution is -1.99. The minimum atomic E-state index is -0.0135. The summed E-state index contributed by atoms with van der Waals surface area (Å²) < 4.78 is 1.83. The highest BCUT2D eigenvalue weighted by Gasteiger charge is 2.08. The second-order valence-electron chi connectivity index (χ2n) is 4.15. The van der Waals surface area contributed by atoms with Gasteiger partial charge in [0, 0.05) is 23.2 Å². The van der Waals surface area contributed by atoms with Crippen LogP contribution in [-0.4, -0.2) is 15.6 Å². The van der Waals surface area contributed by atoms with E-state index < -0.39 is 0 Å². The summed E-state index contributed by atoms with van der Waals surface area (Å²) in [6.07, 6.45) is 0. The van der Waals surface area contributed by atoms with Gasteiger partial charge in [0.1, 0.15) is 0 Å². The van der Waals surface area contributed by atoms with Gasteiger partial charge in [-0.05, 0) is 38.1 Å². The maximum Gasteiger partial charge on any atom is 0.161 e. The standard InChI is InChI=1S/C13H15N3OS/c1-8-6-13(16(3)15-8)18-10-4-5-11(9(2)17)12(14)7-10/h4-7H,14H2,1-3H3. The third-order valence-corrected chi connectivity index (χ3v) is 3.66. The number of benzene rings is 1. The van der Waals surface area contributed by atoms with Crippen LogP contribution in [0.5, 0.6) is 0 Å². The molecule has 0 fully saturated rings. The Kier molecular flexibility index (Phi) is 3.43. The minimum absolute atomic E-state index is 0.0135. The summed E-state index contributed by atoms with van der Waals surface area (Å²) in [5, 5.41) is 5.33. The van der Waals surface area contributed by atoms with Gasteiger partial charge in [0.05, 0.1) is 10.7 Å². The first-order valence-electron chi connectivity index (χ1n) is 5.56. The molecule has 94 valence electrons. The smallest absolute Gasteiger partial charge is 0.161 e. The Bertz CT molecular complexity index is 604.